The summed E-state index contributed by atoms with van der Waals surface area (Å²) in [5, 5.41) is 9.84. The number of H-pyrrole nitrogens is 1. The maximum Gasteiger partial charge on any atom is 0.269 e. The predicted octanol–water partition coefficient (Wildman–Crippen LogP) is 1.95. The van der Waals surface area contributed by atoms with Gasteiger partial charge in [0.15, 0.2) is 5.82 Å². The van der Waals surface area contributed by atoms with E-state index in [4.69, 9.17) is 11.6 Å². The molecule has 0 amide bonds. The molecule has 2 heterocycles. The van der Waals surface area contributed by atoms with Gasteiger partial charge in [-0.1, -0.05) is 11.6 Å². The van der Waals surface area contributed by atoms with E-state index >= 15 is 0 Å². The highest BCUT2D eigenvalue weighted by Gasteiger charge is 2.09. The Morgan fingerprint density at radius 1 is 1.44 bits per heavy atom. The van der Waals surface area contributed by atoms with Gasteiger partial charge >= 0.3 is 0 Å². The highest BCUT2D eigenvalue weighted by atomic mass is 79.9. The fourth-order valence-electron chi connectivity index (χ4n) is 1.08. The van der Waals surface area contributed by atoms with E-state index in [0.29, 0.717) is 10.7 Å². The van der Waals surface area contributed by atoms with Gasteiger partial charge in [-0.3, -0.25) is 9.78 Å². The Kier molecular flexibility index (Phi) is 2.93. The standard InChI is InChI=1S/C9H5BrClN3O2/c10-6-8(15)13-7(14-9(6)16)5-2-1-4(11)3-12-5/h1-3H,(H2,13,14,15,16). The second-order valence-electron chi connectivity index (χ2n) is 2.91. The number of aromatic amines is 1. The number of hydrogen-bond donors (Lipinski definition) is 2. The van der Waals surface area contributed by atoms with Crippen molar-refractivity contribution in [3.8, 4) is 17.4 Å². The average Bonchev–Trinajstić information content (AvgIpc) is 2.26. The fraction of sp³-hybridized carbons (Fsp3) is 0. The number of rotatable bonds is 1. The molecule has 0 spiro atoms. The number of pyridine rings is 1. The number of nitrogens with one attached hydrogen (secondary N) is 1. The number of aromatic hydroxyl groups is 1. The molecule has 16 heavy (non-hydrogen) atoms. The van der Waals surface area contributed by atoms with Gasteiger partial charge in [-0.15, -0.1) is 0 Å². The molecule has 2 rings (SSSR count). The molecule has 5 nitrogen and oxygen atoms in total. The van der Waals surface area contributed by atoms with Crippen LogP contribution in [-0.4, -0.2) is 20.1 Å². The molecule has 0 aromatic carbocycles. The van der Waals surface area contributed by atoms with Crippen molar-refractivity contribution < 1.29 is 5.11 Å². The van der Waals surface area contributed by atoms with Crippen LogP contribution in [0.2, 0.25) is 5.02 Å². The van der Waals surface area contributed by atoms with Crippen LogP contribution in [0, 0.1) is 0 Å². The molecule has 0 bridgehead atoms. The van der Waals surface area contributed by atoms with E-state index in [1.54, 1.807) is 12.1 Å². The Morgan fingerprint density at radius 3 is 2.75 bits per heavy atom. The van der Waals surface area contributed by atoms with Crippen molar-refractivity contribution in [1.29, 1.82) is 0 Å². The van der Waals surface area contributed by atoms with Crippen LogP contribution in [0.5, 0.6) is 5.88 Å². The van der Waals surface area contributed by atoms with Crippen molar-refractivity contribution in [1.82, 2.24) is 15.0 Å². The third-order valence-electron chi connectivity index (χ3n) is 1.82. The minimum absolute atomic E-state index is 0.00906. The van der Waals surface area contributed by atoms with E-state index in [1.807, 2.05) is 0 Å². The van der Waals surface area contributed by atoms with Crippen LogP contribution < -0.4 is 5.56 Å². The lowest BCUT2D eigenvalue weighted by Crippen LogP contribution is -2.10. The molecule has 7 heteroatoms. The van der Waals surface area contributed by atoms with Crippen LogP contribution in [0.1, 0.15) is 0 Å². The van der Waals surface area contributed by atoms with Gasteiger partial charge in [0, 0.05) is 6.20 Å². The molecule has 0 saturated heterocycles. The Morgan fingerprint density at radius 2 is 2.19 bits per heavy atom. The largest absolute Gasteiger partial charge is 0.492 e. The summed E-state index contributed by atoms with van der Waals surface area (Å²) < 4.78 is -0.00906. The molecular weight excluding hydrogens is 297 g/mol. The first kappa shape index (κ1) is 11.1. The molecule has 82 valence electrons. The summed E-state index contributed by atoms with van der Waals surface area (Å²) in [5.41, 5.74) is -0.0523. The molecule has 2 N–H and O–H groups in total. The molecule has 0 aliphatic heterocycles. The number of hydrogen-bond acceptors (Lipinski definition) is 4. The lowest BCUT2D eigenvalue weighted by atomic mass is 10.3. The molecule has 0 saturated carbocycles. The maximum absolute atomic E-state index is 11.3. The van der Waals surface area contributed by atoms with Gasteiger partial charge in [0.25, 0.3) is 5.56 Å². The lowest BCUT2D eigenvalue weighted by molar-refractivity contribution is 0.448. The van der Waals surface area contributed by atoms with Crippen molar-refractivity contribution in [2.75, 3.05) is 0 Å². The van der Waals surface area contributed by atoms with Crippen molar-refractivity contribution in [2.45, 2.75) is 0 Å². The SMILES string of the molecule is O=c1[nH]c(-c2ccc(Cl)cn2)nc(O)c1Br. The second-order valence-corrected chi connectivity index (χ2v) is 4.14. The van der Waals surface area contributed by atoms with Crippen molar-refractivity contribution in [3.63, 3.8) is 0 Å². The summed E-state index contributed by atoms with van der Waals surface area (Å²) in [5.74, 6) is -0.196. The zero-order valence-corrected chi connectivity index (χ0v) is 10.1. The Balaban J connectivity index is 2.57. The third kappa shape index (κ3) is 2.07. The van der Waals surface area contributed by atoms with Crippen LogP contribution in [0.3, 0.4) is 0 Å². The van der Waals surface area contributed by atoms with Crippen LogP contribution in [0.4, 0.5) is 0 Å². The second kappa shape index (κ2) is 4.23. The zero-order valence-electron chi connectivity index (χ0n) is 7.74. The lowest BCUT2D eigenvalue weighted by Gasteiger charge is -2.01. The van der Waals surface area contributed by atoms with Gasteiger partial charge in [0.1, 0.15) is 10.2 Å². The Bertz CT molecular complexity index is 582. The summed E-state index contributed by atoms with van der Waals surface area (Å²) in [7, 11) is 0. The third-order valence-corrected chi connectivity index (χ3v) is 2.75. The number of aromatic nitrogens is 3. The van der Waals surface area contributed by atoms with E-state index in [-0.39, 0.29) is 16.2 Å². The molecule has 0 aliphatic carbocycles. The summed E-state index contributed by atoms with van der Waals surface area (Å²) >= 11 is 8.57. The Labute approximate surface area is 103 Å². The molecule has 0 radical (unpaired) electrons. The molecule has 0 fully saturated rings. The first-order valence-electron chi connectivity index (χ1n) is 4.18. The summed E-state index contributed by atoms with van der Waals surface area (Å²) in [6.07, 6.45) is 1.43. The summed E-state index contributed by atoms with van der Waals surface area (Å²) in [6.45, 7) is 0. The molecule has 2 aromatic heterocycles. The van der Waals surface area contributed by atoms with E-state index in [1.165, 1.54) is 6.20 Å². The number of halogens is 2. The smallest absolute Gasteiger partial charge is 0.269 e. The minimum atomic E-state index is -0.473. The number of nitrogens with zero attached hydrogens (tertiary/aromatic N) is 2. The quantitative estimate of drug-likeness (QED) is 0.844. The van der Waals surface area contributed by atoms with E-state index < -0.39 is 5.56 Å². The van der Waals surface area contributed by atoms with Crippen molar-refractivity contribution in [2.24, 2.45) is 0 Å². The van der Waals surface area contributed by atoms with Gasteiger partial charge in [0.05, 0.1) is 5.02 Å². The first-order chi connectivity index (χ1) is 7.58. The molecule has 0 aliphatic rings. The van der Waals surface area contributed by atoms with Crippen LogP contribution in [0.15, 0.2) is 27.6 Å². The normalized spacial score (nSPS) is 10.4. The molecular formula is C9H5BrClN3O2. The molecule has 2 aromatic rings. The van der Waals surface area contributed by atoms with E-state index in [9.17, 15) is 9.90 Å². The molecule has 0 atom stereocenters. The average molecular weight is 303 g/mol. The van der Waals surface area contributed by atoms with Gasteiger partial charge in [-0.25, -0.2) is 0 Å². The monoisotopic (exact) mass is 301 g/mol. The van der Waals surface area contributed by atoms with Crippen LogP contribution >= 0.6 is 27.5 Å². The summed E-state index contributed by atoms with van der Waals surface area (Å²) in [6, 6.07) is 3.21. The van der Waals surface area contributed by atoms with Crippen molar-refractivity contribution in [3.05, 3.63) is 38.2 Å². The summed E-state index contributed by atoms with van der Waals surface area (Å²) in [4.78, 5) is 21.6. The fourth-order valence-corrected chi connectivity index (χ4v) is 1.38. The predicted molar refractivity (Wildman–Crippen MR) is 62.5 cm³/mol. The van der Waals surface area contributed by atoms with Gasteiger partial charge < -0.3 is 10.1 Å². The first-order valence-corrected chi connectivity index (χ1v) is 5.36. The topological polar surface area (TPSA) is 78.9 Å². The van der Waals surface area contributed by atoms with Crippen molar-refractivity contribution >= 4 is 27.5 Å². The highest BCUT2D eigenvalue weighted by molar-refractivity contribution is 9.10. The van der Waals surface area contributed by atoms with E-state index in [0.717, 1.165) is 0 Å². The van der Waals surface area contributed by atoms with Gasteiger partial charge in [0.2, 0.25) is 5.88 Å². The van der Waals surface area contributed by atoms with E-state index in [2.05, 4.69) is 30.9 Å². The van der Waals surface area contributed by atoms with Gasteiger partial charge in [-0.05, 0) is 28.1 Å². The highest BCUT2D eigenvalue weighted by Crippen LogP contribution is 2.20. The maximum atomic E-state index is 11.3. The van der Waals surface area contributed by atoms with Crippen LogP contribution in [0.25, 0.3) is 11.5 Å². The zero-order chi connectivity index (χ0) is 11.7. The Hall–Kier alpha value is -1.40. The molecule has 0 unspecified atom stereocenters. The minimum Gasteiger partial charge on any atom is -0.492 e. The van der Waals surface area contributed by atoms with Gasteiger partial charge in [-0.2, -0.15) is 4.98 Å². The van der Waals surface area contributed by atoms with Crippen LogP contribution in [-0.2, 0) is 0 Å².